The van der Waals surface area contributed by atoms with Gasteiger partial charge >= 0.3 is 0 Å². The first-order valence-electron chi connectivity index (χ1n) is 5.53. The first-order valence-corrected chi connectivity index (χ1v) is 5.53. The van der Waals surface area contributed by atoms with Crippen LogP contribution in [0.3, 0.4) is 0 Å². The van der Waals surface area contributed by atoms with Crippen LogP contribution in [-0.4, -0.2) is 19.0 Å². The van der Waals surface area contributed by atoms with Gasteiger partial charge in [0.1, 0.15) is 5.82 Å². The van der Waals surface area contributed by atoms with Gasteiger partial charge in [0.2, 0.25) is 5.91 Å². The lowest BCUT2D eigenvalue weighted by Crippen LogP contribution is -2.49. The minimum Gasteiger partial charge on any atom is -0.319 e. The molecule has 0 aromatic heterocycles. The lowest BCUT2D eigenvalue weighted by molar-refractivity contribution is -0.121. The fourth-order valence-corrected chi connectivity index (χ4v) is 1.42. The highest BCUT2D eigenvalue weighted by Gasteiger charge is 2.30. The molecule has 0 aliphatic rings. The number of nitrogens with zero attached hydrogens (tertiary/aromatic N) is 1. The van der Waals surface area contributed by atoms with Gasteiger partial charge in [-0.1, -0.05) is 32.9 Å². The van der Waals surface area contributed by atoms with Crippen LogP contribution >= 0.6 is 0 Å². The first kappa shape index (κ1) is 13.6. The fraction of sp³-hybridized carbons (Fsp3) is 0.462. The van der Waals surface area contributed by atoms with Gasteiger partial charge in [0.05, 0.1) is 11.7 Å². The third-order valence-corrected chi connectivity index (χ3v) is 2.74. The molecular formula is C13H19FN2O. The highest BCUT2D eigenvalue weighted by molar-refractivity contribution is 5.97. The Labute approximate surface area is 101 Å². The van der Waals surface area contributed by atoms with E-state index in [4.69, 9.17) is 5.73 Å². The molecular weight excluding hydrogens is 219 g/mol. The van der Waals surface area contributed by atoms with Crippen LogP contribution in [0.4, 0.5) is 10.1 Å². The van der Waals surface area contributed by atoms with Gasteiger partial charge in [0.15, 0.2) is 0 Å². The van der Waals surface area contributed by atoms with Gasteiger partial charge in [0.25, 0.3) is 0 Å². The summed E-state index contributed by atoms with van der Waals surface area (Å²) < 4.78 is 13.5. The molecule has 1 aromatic carbocycles. The number of hydrogen-bond donors (Lipinski definition) is 1. The second-order valence-electron chi connectivity index (χ2n) is 5.19. The monoisotopic (exact) mass is 238 g/mol. The van der Waals surface area contributed by atoms with Crippen LogP contribution in [0.2, 0.25) is 0 Å². The normalized spacial score (nSPS) is 13.3. The largest absolute Gasteiger partial charge is 0.319 e. The summed E-state index contributed by atoms with van der Waals surface area (Å²) in [5, 5.41) is 0. The molecule has 0 aliphatic carbocycles. The second-order valence-corrected chi connectivity index (χ2v) is 5.19. The van der Waals surface area contributed by atoms with Crippen molar-refractivity contribution in [3.05, 3.63) is 30.1 Å². The zero-order valence-corrected chi connectivity index (χ0v) is 10.7. The van der Waals surface area contributed by atoms with Crippen LogP contribution in [-0.2, 0) is 4.79 Å². The third kappa shape index (κ3) is 3.03. The van der Waals surface area contributed by atoms with Gasteiger partial charge in [-0.05, 0) is 17.5 Å². The Morgan fingerprint density at radius 2 is 1.88 bits per heavy atom. The molecule has 1 aromatic rings. The van der Waals surface area contributed by atoms with E-state index in [1.54, 1.807) is 18.2 Å². The summed E-state index contributed by atoms with van der Waals surface area (Å²) in [6.45, 7) is 5.64. The third-order valence-electron chi connectivity index (χ3n) is 2.74. The van der Waals surface area contributed by atoms with E-state index in [1.165, 1.54) is 18.0 Å². The van der Waals surface area contributed by atoms with E-state index in [-0.39, 0.29) is 17.0 Å². The average molecular weight is 238 g/mol. The van der Waals surface area contributed by atoms with Crippen LogP contribution in [0, 0.1) is 11.2 Å². The van der Waals surface area contributed by atoms with Crippen LogP contribution < -0.4 is 10.6 Å². The van der Waals surface area contributed by atoms with Gasteiger partial charge < -0.3 is 10.6 Å². The predicted octanol–water partition coefficient (Wildman–Crippen LogP) is 2.16. The molecule has 0 radical (unpaired) electrons. The predicted molar refractivity (Wildman–Crippen MR) is 67.2 cm³/mol. The molecule has 1 rings (SSSR count). The van der Waals surface area contributed by atoms with Crippen LogP contribution in [0.25, 0.3) is 0 Å². The topological polar surface area (TPSA) is 46.3 Å². The van der Waals surface area contributed by atoms with E-state index >= 15 is 0 Å². The summed E-state index contributed by atoms with van der Waals surface area (Å²) in [5.41, 5.74) is 5.77. The number of amides is 1. The molecule has 17 heavy (non-hydrogen) atoms. The van der Waals surface area contributed by atoms with E-state index in [1.807, 2.05) is 20.8 Å². The van der Waals surface area contributed by atoms with Crippen LogP contribution in [0.15, 0.2) is 24.3 Å². The summed E-state index contributed by atoms with van der Waals surface area (Å²) >= 11 is 0. The number of halogens is 1. The minimum atomic E-state index is -0.660. The Morgan fingerprint density at radius 1 is 1.35 bits per heavy atom. The molecule has 0 heterocycles. The zero-order chi connectivity index (χ0) is 13.2. The van der Waals surface area contributed by atoms with Crippen molar-refractivity contribution >= 4 is 11.6 Å². The van der Waals surface area contributed by atoms with Crippen molar-refractivity contribution < 1.29 is 9.18 Å². The van der Waals surface area contributed by atoms with Crippen LogP contribution in [0.5, 0.6) is 0 Å². The molecule has 0 aliphatic heterocycles. The van der Waals surface area contributed by atoms with Crippen molar-refractivity contribution in [2.45, 2.75) is 26.8 Å². The van der Waals surface area contributed by atoms with E-state index < -0.39 is 11.9 Å². The standard InChI is InChI=1S/C13H19FN2O/c1-13(2,3)11(15)12(17)16(4)10-8-6-5-7-9(10)14/h5-8,11H,15H2,1-4H3/t11-/m1/s1. The van der Waals surface area contributed by atoms with Gasteiger partial charge in [0, 0.05) is 7.05 Å². The number of carbonyl (C=O) groups is 1. The number of nitrogens with two attached hydrogens (primary N) is 1. The zero-order valence-electron chi connectivity index (χ0n) is 10.7. The summed E-state index contributed by atoms with van der Waals surface area (Å²) in [6.07, 6.45) is 0. The van der Waals surface area contributed by atoms with Crippen molar-refractivity contribution in [2.75, 3.05) is 11.9 Å². The summed E-state index contributed by atoms with van der Waals surface area (Å²) in [6, 6.07) is 5.49. The number of para-hydroxylation sites is 1. The van der Waals surface area contributed by atoms with Gasteiger partial charge in [-0.25, -0.2) is 4.39 Å². The molecule has 0 spiro atoms. The van der Waals surface area contributed by atoms with Crippen molar-refractivity contribution in [2.24, 2.45) is 11.1 Å². The smallest absolute Gasteiger partial charge is 0.244 e. The molecule has 0 bridgehead atoms. The maximum Gasteiger partial charge on any atom is 0.244 e. The van der Waals surface area contributed by atoms with Crippen molar-refractivity contribution in [3.8, 4) is 0 Å². The number of likely N-dealkylation sites (N-methyl/N-ethyl adjacent to an activating group) is 1. The average Bonchev–Trinajstić information content (AvgIpc) is 2.25. The molecule has 0 saturated heterocycles. The minimum absolute atomic E-state index is 0.247. The maximum absolute atomic E-state index is 13.5. The maximum atomic E-state index is 13.5. The SMILES string of the molecule is CN(C(=O)[C@@H](N)C(C)(C)C)c1ccccc1F. The van der Waals surface area contributed by atoms with Crippen molar-refractivity contribution in [3.63, 3.8) is 0 Å². The number of hydrogen-bond acceptors (Lipinski definition) is 2. The lowest BCUT2D eigenvalue weighted by atomic mass is 9.86. The quantitative estimate of drug-likeness (QED) is 0.858. The first-order chi connectivity index (χ1) is 7.75. The highest BCUT2D eigenvalue weighted by Crippen LogP contribution is 2.23. The number of benzene rings is 1. The van der Waals surface area contributed by atoms with Gasteiger partial charge in [-0.15, -0.1) is 0 Å². The van der Waals surface area contributed by atoms with E-state index in [0.717, 1.165) is 0 Å². The van der Waals surface area contributed by atoms with Crippen LogP contribution in [0.1, 0.15) is 20.8 Å². The summed E-state index contributed by atoms with van der Waals surface area (Å²) in [4.78, 5) is 13.3. The molecule has 4 heteroatoms. The fourth-order valence-electron chi connectivity index (χ4n) is 1.42. The number of rotatable bonds is 2. The Hall–Kier alpha value is -1.42. The molecule has 0 saturated carbocycles. The molecule has 94 valence electrons. The van der Waals surface area contributed by atoms with Crippen molar-refractivity contribution in [1.82, 2.24) is 0 Å². The summed E-state index contributed by atoms with van der Waals surface area (Å²) in [7, 11) is 1.53. The lowest BCUT2D eigenvalue weighted by Gasteiger charge is -2.30. The Kier molecular flexibility index (Phi) is 3.88. The molecule has 3 nitrogen and oxygen atoms in total. The molecule has 0 unspecified atom stereocenters. The second kappa shape index (κ2) is 4.84. The van der Waals surface area contributed by atoms with Crippen molar-refractivity contribution in [1.29, 1.82) is 0 Å². The number of anilines is 1. The Bertz CT molecular complexity index is 412. The molecule has 1 amide bonds. The molecule has 2 N–H and O–H groups in total. The Balaban J connectivity index is 2.95. The molecule has 1 atom stereocenters. The molecule has 0 fully saturated rings. The van der Waals surface area contributed by atoms with E-state index in [0.29, 0.717) is 0 Å². The number of carbonyl (C=O) groups excluding carboxylic acids is 1. The van der Waals surface area contributed by atoms with E-state index in [9.17, 15) is 9.18 Å². The summed E-state index contributed by atoms with van der Waals surface area (Å²) in [5.74, 6) is -0.716. The van der Waals surface area contributed by atoms with Gasteiger partial charge in [-0.3, -0.25) is 4.79 Å². The van der Waals surface area contributed by atoms with E-state index in [2.05, 4.69) is 0 Å². The van der Waals surface area contributed by atoms with Gasteiger partial charge in [-0.2, -0.15) is 0 Å². The highest BCUT2D eigenvalue weighted by atomic mass is 19.1. The Morgan fingerprint density at radius 3 is 2.35 bits per heavy atom.